The molecule has 0 N–H and O–H groups in total. The van der Waals surface area contributed by atoms with Gasteiger partial charge in [0.15, 0.2) is 5.78 Å². The van der Waals surface area contributed by atoms with Crippen LogP contribution in [0.15, 0.2) is 73.4 Å². The lowest BCUT2D eigenvalue weighted by Crippen LogP contribution is -2.16. The van der Waals surface area contributed by atoms with Crippen LogP contribution in [-0.2, 0) is 4.79 Å². The summed E-state index contributed by atoms with van der Waals surface area (Å²) >= 11 is 6.31. The molecule has 6 heteroatoms. The Morgan fingerprint density at radius 1 is 1.25 bits per heavy atom. The normalized spacial score (nSPS) is 15.0. The fourth-order valence-corrected chi connectivity index (χ4v) is 4.50. The van der Waals surface area contributed by atoms with Crippen molar-refractivity contribution in [2.75, 3.05) is 17.7 Å². The number of thioether (sulfide) groups is 2. The largest absolute Gasteiger partial charge is 0.337 e. The molecule has 0 amide bonds. The first-order chi connectivity index (χ1) is 11.6. The van der Waals surface area contributed by atoms with E-state index in [1.54, 1.807) is 0 Å². The van der Waals surface area contributed by atoms with Gasteiger partial charge in [-0.2, -0.15) is 5.26 Å². The number of halogens is 1. The molecule has 1 heterocycles. The fourth-order valence-electron chi connectivity index (χ4n) is 2.30. The predicted molar refractivity (Wildman–Crippen MR) is 103 cm³/mol. The number of nitrogens with zero attached hydrogens (tertiary/aromatic N) is 2. The summed E-state index contributed by atoms with van der Waals surface area (Å²) in [5, 5.41) is 10.2. The van der Waals surface area contributed by atoms with Crippen molar-refractivity contribution in [1.82, 2.24) is 0 Å². The van der Waals surface area contributed by atoms with Crippen LogP contribution in [0.1, 0.15) is 0 Å². The second kappa shape index (κ2) is 7.47. The molecule has 3 nitrogen and oxygen atoms in total. The number of rotatable bonds is 4. The second-order valence-electron chi connectivity index (χ2n) is 5.09. The van der Waals surface area contributed by atoms with Crippen molar-refractivity contribution in [3.05, 3.63) is 63.6 Å². The highest BCUT2D eigenvalue weighted by molar-refractivity contribution is 9.10. The number of nitriles is 1. The Labute approximate surface area is 157 Å². The van der Waals surface area contributed by atoms with Gasteiger partial charge < -0.3 is 4.90 Å². The van der Waals surface area contributed by atoms with Gasteiger partial charge >= 0.3 is 0 Å². The lowest BCUT2D eigenvalue weighted by molar-refractivity contribution is -0.112. The molecule has 0 spiro atoms. The molecule has 0 fully saturated rings. The van der Waals surface area contributed by atoms with Crippen molar-refractivity contribution >= 4 is 50.9 Å². The molecule has 0 saturated carbocycles. The quantitative estimate of drug-likeness (QED) is 0.394. The molecule has 24 heavy (non-hydrogen) atoms. The maximum Gasteiger partial charge on any atom is 0.186 e. The van der Waals surface area contributed by atoms with Gasteiger partial charge in [-0.05, 0) is 36.4 Å². The van der Waals surface area contributed by atoms with Gasteiger partial charge in [0.25, 0.3) is 0 Å². The summed E-state index contributed by atoms with van der Waals surface area (Å²) in [7, 11) is 1.89. The molecule has 0 radical (unpaired) electrons. The van der Waals surface area contributed by atoms with Crippen LogP contribution in [0.5, 0.6) is 0 Å². The average Bonchev–Trinajstić information content (AvgIpc) is 2.92. The number of para-hydroxylation sites is 1. The van der Waals surface area contributed by atoms with Crippen LogP contribution in [0.3, 0.4) is 0 Å². The summed E-state index contributed by atoms with van der Waals surface area (Å²) in [4.78, 5) is 16.5. The van der Waals surface area contributed by atoms with E-state index in [4.69, 9.17) is 0 Å². The van der Waals surface area contributed by atoms with Crippen molar-refractivity contribution in [3.63, 3.8) is 0 Å². The van der Waals surface area contributed by atoms with E-state index >= 15 is 0 Å². The minimum atomic E-state index is -0.146. The molecule has 2 aromatic rings. The first-order valence-corrected chi connectivity index (χ1v) is 9.76. The number of allylic oxidation sites excluding steroid dienone is 1. The van der Waals surface area contributed by atoms with Gasteiger partial charge in [0.05, 0.1) is 11.4 Å². The highest BCUT2D eigenvalue weighted by Gasteiger charge is 2.27. The van der Waals surface area contributed by atoms with E-state index in [1.807, 2.05) is 60.5 Å². The monoisotopic (exact) mass is 416 g/mol. The van der Waals surface area contributed by atoms with Crippen LogP contribution < -0.4 is 4.90 Å². The number of hydrogen-bond acceptors (Lipinski definition) is 5. The molecular formula is C18H13BrN2OS2. The zero-order valence-electron chi connectivity index (χ0n) is 12.8. The molecular weight excluding hydrogens is 404 g/mol. The topological polar surface area (TPSA) is 44.1 Å². The number of Topliss-reactive ketones (excluding diaryl/α,β-unsaturated/α-hetero) is 1. The number of benzene rings is 2. The predicted octanol–water partition coefficient (Wildman–Crippen LogP) is 5.09. The first-order valence-electron chi connectivity index (χ1n) is 7.16. The summed E-state index contributed by atoms with van der Waals surface area (Å²) in [5.74, 6) is 0.103. The smallest absolute Gasteiger partial charge is 0.186 e. The van der Waals surface area contributed by atoms with Crippen LogP contribution in [0.25, 0.3) is 0 Å². The van der Waals surface area contributed by atoms with E-state index in [1.165, 1.54) is 23.5 Å². The van der Waals surface area contributed by atoms with E-state index in [0.717, 1.165) is 20.0 Å². The molecule has 0 unspecified atom stereocenters. The van der Waals surface area contributed by atoms with Gasteiger partial charge in [-0.3, -0.25) is 4.79 Å². The van der Waals surface area contributed by atoms with E-state index in [9.17, 15) is 10.1 Å². The van der Waals surface area contributed by atoms with Crippen molar-refractivity contribution in [3.8, 4) is 6.07 Å². The highest BCUT2D eigenvalue weighted by atomic mass is 79.9. The van der Waals surface area contributed by atoms with Crippen LogP contribution >= 0.6 is 39.5 Å². The van der Waals surface area contributed by atoms with Crippen LogP contribution in [0, 0.1) is 11.3 Å². The zero-order valence-corrected chi connectivity index (χ0v) is 16.0. The molecule has 120 valence electrons. The Balaban J connectivity index is 1.78. The highest BCUT2D eigenvalue weighted by Crippen LogP contribution is 2.46. The molecule has 0 aromatic heterocycles. The first kappa shape index (κ1) is 17.2. The summed E-state index contributed by atoms with van der Waals surface area (Å²) in [6, 6.07) is 17.8. The standard InChI is InChI=1S/C18H13BrN2OS2/c1-21-15-4-2-3-5-17(15)24-18(21)14(10-20)16(22)11-23-13-8-6-12(19)7-9-13/h2-9H,11H2,1H3/b18-14-. The number of anilines is 1. The van der Waals surface area contributed by atoms with Crippen molar-refractivity contribution in [1.29, 1.82) is 5.26 Å². The molecule has 0 atom stereocenters. The van der Waals surface area contributed by atoms with Crippen molar-refractivity contribution in [2.45, 2.75) is 9.79 Å². The van der Waals surface area contributed by atoms with Gasteiger partial charge in [-0.1, -0.05) is 39.8 Å². The Bertz CT molecular complexity index is 856. The Kier molecular flexibility index (Phi) is 5.34. The Hall–Kier alpha value is -1.68. The van der Waals surface area contributed by atoms with Crippen molar-refractivity contribution in [2.24, 2.45) is 0 Å². The van der Waals surface area contributed by atoms with E-state index in [0.29, 0.717) is 5.03 Å². The molecule has 3 rings (SSSR count). The summed E-state index contributed by atoms with van der Waals surface area (Å²) in [6.45, 7) is 0. The Morgan fingerprint density at radius 2 is 1.96 bits per heavy atom. The average molecular weight is 417 g/mol. The van der Waals surface area contributed by atoms with Crippen LogP contribution in [0.4, 0.5) is 5.69 Å². The molecule has 0 saturated heterocycles. The SMILES string of the molecule is CN1/C(=C(\C#N)C(=O)CSc2ccc(Br)cc2)Sc2ccccc21. The van der Waals surface area contributed by atoms with E-state index in [-0.39, 0.29) is 17.1 Å². The molecule has 0 aliphatic carbocycles. The van der Waals surface area contributed by atoms with Gasteiger partial charge in [0.1, 0.15) is 16.7 Å². The molecule has 1 aliphatic heterocycles. The second-order valence-corrected chi connectivity index (χ2v) is 8.08. The summed E-state index contributed by atoms with van der Waals surface area (Å²) in [6.07, 6.45) is 0. The van der Waals surface area contributed by atoms with Gasteiger partial charge in [-0.25, -0.2) is 0 Å². The number of ketones is 1. The maximum absolute atomic E-state index is 12.5. The number of carbonyl (C=O) groups is 1. The molecule has 2 aromatic carbocycles. The third-order valence-corrected chi connectivity index (χ3v) is 6.30. The summed E-state index contributed by atoms with van der Waals surface area (Å²) in [5.41, 5.74) is 1.25. The lowest BCUT2D eigenvalue weighted by atomic mass is 10.2. The van der Waals surface area contributed by atoms with Crippen LogP contribution in [0.2, 0.25) is 0 Å². The number of hydrogen-bond donors (Lipinski definition) is 0. The third-order valence-electron chi connectivity index (χ3n) is 3.53. The van der Waals surface area contributed by atoms with E-state index in [2.05, 4.69) is 22.0 Å². The Morgan fingerprint density at radius 3 is 2.62 bits per heavy atom. The van der Waals surface area contributed by atoms with Gasteiger partial charge in [0.2, 0.25) is 0 Å². The summed E-state index contributed by atoms with van der Waals surface area (Å²) < 4.78 is 1.000. The fraction of sp³-hybridized carbons (Fsp3) is 0.111. The third kappa shape index (κ3) is 3.54. The lowest BCUT2D eigenvalue weighted by Gasteiger charge is -2.14. The number of carbonyl (C=O) groups excluding carboxylic acids is 1. The van der Waals surface area contributed by atoms with Crippen LogP contribution in [-0.4, -0.2) is 18.6 Å². The molecule has 1 aliphatic rings. The van der Waals surface area contributed by atoms with Crippen molar-refractivity contribution < 1.29 is 4.79 Å². The minimum Gasteiger partial charge on any atom is -0.337 e. The minimum absolute atomic E-state index is 0.146. The van der Waals surface area contributed by atoms with E-state index < -0.39 is 0 Å². The number of fused-ring (bicyclic) bond motifs is 1. The maximum atomic E-state index is 12.5. The zero-order chi connectivity index (χ0) is 17.1. The molecule has 0 bridgehead atoms. The van der Waals surface area contributed by atoms with Gasteiger partial charge in [-0.15, -0.1) is 11.8 Å². The van der Waals surface area contributed by atoms with Gasteiger partial charge in [0, 0.05) is 21.3 Å².